The van der Waals surface area contributed by atoms with Gasteiger partial charge in [0.25, 0.3) is 0 Å². The fourth-order valence-electron chi connectivity index (χ4n) is 1.86. The van der Waals surface area contributed by atoms with E-state index in [2.05, 4.69) is 11.8 Å². The molecule has 0 heterocycles. The first-order valence-corrected chi connectivity index (χ1v) is 7.58. The summed E-state index contributed by atoms with van der Waals surface area (Å²) in [6.07, 6.45) is 1.66. The highest BCUT2D eigenvalue weighted by Gasteiger charge is 2.09. The van der Waals surface area contributed by atoms with E-state index in [0.717, 1.165) is 18.4 Å². The molecule has 0 N–H and O–H groups in total. The zero-order valence-electron chi connectivity index (χ0n) is 12.4. The number of benzene rings is 2. The summed E-state index contributed by atoms with van der Waals surface area (Å²) in [7, 11) is 0. The van der Waals surface area contributed by atoms with Gasteiger partial charge in [0.05, 0.1) is 5.56 Å². The molecule has 0 atom stereocenters. The number of unbranched alkanes of at least 4 members (excludes halogenated alkanes) is 1. The Morgan fingerprint density at radius 2 is 1.86 bits per heavy atom. The second-order valence-corrected chi connectivity index (χ2v) is 5.23. The second kappa shape index (κ2) is 8.26. The number of para-hydroxylation sites is 1. The zero-order chi connectivity index (χ0) is 15.8. The number of Topliss-reactive ketones (excluding diaryl/α,β-unsaturated/α-hetero) is 1. The first-order valence-electron chi connectivity index (χ1n) is 7.20. The minimum absolute atomic E-state index is 0.208. The van der Waals surface area contributed by atoms with Crippen molar-refractivity contribution in [1.29, 1.82) is 0 Å². The molecule has 0 aliphatic rings. The fourth-order valence-corrected chi connectivity index (χ4v) is 1.98. The Kier molecular flexibility index (Phi) is 6.06. The molecular formula is C19H17ClO2. The molecule has 0 fully saturated rings. The molecule has 0 amide bonds. The average molecular weight is 313 g/mol. The van der Waals surface area contributed by atoms with Crippen LogP contribution in [-0.4, -0.2) is 5.78 Å². The summed E-state index contributed by atoms with van der Waals surface area (Å²) in [5.74, 6) is 5.87. The summed E-state index contributed by atoms with van der Waals surface area (Å²) in [6, 6.07) is 14.6. The van der Waals surface area contributed by atoms with Gasteiger partial charge in [0.2, 0.25) is 5.78 Å². The van der Waals surface area contributed by atoms with Crippen molar-refractivity contribution in [3.8, 4) is 17.6 Å². The predicted octanol–water partition coefficient (Wildman–Crippen LogP) is 4.91. The highest BCUT2D eigenvalue weighted by atomic mass is 35.5. The van der Waals surface area contributed by atoms with Gasteiger partial charge >= 0.3 is 0 Å². The highest BCUT2D eigenvalue weighted by molar-refractivity contribution is 6.30. The second-order valence-electron chi connectivity index (χ2n) is 4.79. The standard InChI is InChI=1S/C19H17ClO2/c1-2-3-4-8-18(21)17-7-5-6-9-19(17)22-14-15-10-12-16(20)13-11-15/h5-7,9-13H,2-3,14H2,1H3. The number of ketones is 1. The summed E-state index contributed by atoms with van der Waals surface area (Å²) >= 11 is 5.86. The third-order valence-corrected chi connectivity index (χ3v) is 3.27. The van der Waals surface area contributed by atoms with Crippen LogP contribution in [0.3, 0.4) is 0 Å². The van der Waals surface area contributed by atoms with Gasteiger partial charge < -0.3 is 4.74 Å². The Balaban J connectivity index is 2.10. The van der Waals surface area contributed by atoms with Gasteiger partial charge in [-0.1, -0.05) is 48.7 Å². The summed E-state index contributed by atoms with van der Waals surface area (Å²) in [4.78, 5) is 12.1. The Morgan fingerprint density at radius 1 is 1.14 bits per heavy atom. The minimum atomic E-state index is -0.208. The highest BCUT2D eigenvalue weighted by Crippen LogP contribution is 2.20. The molecule has 2 nitrogen and oxygen atoms in total. The molecule has 2 rings (SSSR count). The largest absolute Gasteiger partial charge is 0.488 e. The van der Waals surface area contributed by atoms with Gasteiger partial charge in [0, 0.05) is 11.4 Å². The lowest BCUT2D eigenvalue weighted by Gasteiger charge is -2.09. The van der Waals surface area contributed by atoms with Crippen molar-refractivity contribution in [2.75, 3.05) is 0 Å². The van der Waals surface area contributed by atoms with Crippen molar-refractivity contribution in [2.45, 2.75) is 26.4 Å². The third kappa shape index (κ3) is 4.65. The molecule has 0 unspecified atom stereocenters. The van der Waals surface area contributed by atoms with E-state index in [1.165, 1.54) is 0 Å². The van der Waals surface area contributed by atoms with Crippen molar-refractivity contribution < 1.29 is 9.53 Å². The molecule has 0 saturated heterocycles. The normalized spacial score (nSPS) is 9.73. The monoisotopic (exact) mass is 312 g/mol. The SMILES string of the molecule is CCCC#CC(=O)c1ccccc1OCc1ccc(Cl)cc1. The lowest BCUT2D eigenvalue weighted by atomic mass is 10.1. The van der Waals surface area contributed by atoms with Gasteiger partial charge in [-0.3, -0.25) is 4.79 Å². The minimum Gasteiger partial charge on any atom is -0.488 e. The number of halogens is 1. The molecule has 22 heavy (non-hydrogen) atoms. The quantitative estimate of drug-likeness (QED) is 0.445. The molecule has 0 aliphatic heterocycles. The zero-order valence-corrected chi connectivity index (χ0v) is 13.2. The molecule has 2 aromatic carbocycles. The molecule has 0 saturated carbocycles. The molecule has 2 aromatic rings. The fraction of sp³-hybridized carbons (Fsp3) is 0.211. The Bertz CT molecular complexity index is 693. The van der Waals surface area contributed by atoms with Crippen LogP contribution in [0.25, 0.3) is 0 Å². The van der Waals surface area contributed by atoms with Crippen molar-refractivity contribution >= 4 is 17.4 Å². The number of rotatable bonds is 5. The third-order valence-electron chi connectivity index (χ3n) is 3.02. The van der Waals surface area contributed by atoms with E-state index in [9.17, 15) is 4.79 Å². The summed E-state index contributed by atoms with van der Waals surface area (Å²) in [6.45, 7) is 2.41. The summed E-state index contributed by atoms with van der Waals surface area (Å²) in [5, 5.41) is 0.686. The van der Waals surface area contributed by atoms with Crippen LogP contribution in [0.1, 0.15) is 35.7 Å². The van der Waals surface area contributed by atoms with Crippen molar-refractivity contribution in [3.63, 3.8) is 0 Å². The van der Waals surface area contributed by atoms with Crippen molar-refractivity contribution in [3.05, 3.63) is 64.7 Å². The maximum atomic E-state index is 12.1. The van der Waals surface area contributed by atoms with E-state index in [1.54, 1.807) is 12.1 Å². The Labute approximate surface area is 136 Å². The van der Waals surface area contributed by atoms with E-state index < -0.39 is 0 Å². The molecular weight excluding hydrogens is 296 g/mol. The molecule has 0 bridgehead atoms. The van der Waals surface area contributed by atoms with E-state index in [-0.39, 0.29) is 5.78 Å². The maximum Gasteiger partial charge on any atom is 0.239 e. The lowest BCUT2D eigenvalue weighted by molar-refractivity contribution is 0.105. The number of ether oxygens (including phenoxy) is 1. The van der Waals surface area contributed by atoms with Gasteiger partial charge in [-0.15, -0.1) is 0 Å². The number of hydrogen-bond donors (Lipinski definition) is 0. The van der Waals surface area contributed by atoms with E-state index in [1.807, 2.05) is 43.3 Å². The first-order chi connectivity index (χ1) is 10.7. The van der Waals surface area contributed by atoms with Crippen LogP contribution < -0.4 is 4.74 Å². The van der Waals surface area contributed by atoms with Gasteiger partial charge in [-0.05, 0) is 42.2 Å². The van der Waals surface area contributed by atoms with Crippen LogP contribution >= 0.6 is 11.6 Å². The summed E-state index contributed by atoms with van der Waals surface area (Å²) in [5.41, 5.74) is 1.49. The van der Waals surface area contributed by atoms with Crippen LogP contribution in [0.5, 0.6) is 5.75 Å². The molecule has 112 valence electrons. The van der Waals surface area contributed by atoms with Crippen molar-refractivity contribution in [2.24, 2.45) is 0 Å². The van der Waals surface area contributed by atoms with Crippen LogP contribution in [0, 0.1) is 11.8 Å². The van der Waals surface area contributed by atoms with Gasteiger partial charge in [-0.2, -0.15) is 0 Å². The van der Waals surface area contributed by atoms with Crippen molar-refractivity contribution in [1.82, 2.24) is 0 Å². The molecule has 0 spiro atoms. The number of carbonyl (C=O) groups excluding carboxylic acids is 1. The van der Waals surface area contributed by atoms with E-state index >= 15 is 0 Å². The molecule has 3 heteroatoms. The topological polar surface area (TPSA) is 26.3 Å². The Hall–Kier alpha value is -2.24. The molecule has 0 radical (unpaired) electrons. The van der Waals surface area contributed by atoms with E-state index in [0.29, 0.717) is 22.9 Å². The summed E-state index contributed by atoms with van der Waals surface area (Å²) < 4.78 is 5.76. The molecule has 0 aromatic heterocycles. The van der Waals surface area contributed by atoms with Gasteiger partial charge in [0.15, 0.2) is 0 Å². The predicted molar refractivity (Wildman–Crippen MR) is 89.2 cm³/mol. The number of hydrogen-bond acceptors (Lipinski definition) is 2. The van der Waals surface area contributed by atoms with Crippen LogP contribution in [0.15, 0.2) is 48.5 Å². The molecule has 0 aliphatic carbocycles. The maximum absolute atomic E-state index is 12.1. The van der Waals surface area contributed by atoms with Gasteiger partial charge in [0.1, 0.15) is 12.4 Å². The van der Waals surface area contributed by atoms with Crippen LogP contribution in [0.2, 0.25) is 5.02 Å². The smallest absolute Gasteiger partial charge is 0.239 e. The number of carbonyl (C=O) groups is 1. The average Bonchev–Trinajstić information content (AvgIpc) is 2.55. The first kappa shape index (κ1) is 16.1. The Morgan fingerprint density at radius 3 is 2.59 bits per heavy atom. The van der Waals surface area contributed by atoms with E-state index in [4.69, 9.17) is 16.3 Å². The van der Waals surface area contributed by atoms with Gasteiger partial charge in [-0.25, -0.2) is 0 Å². The van der Waals surface area contributed by atoms with Crippen LogP contribution in [-0.2, 0) is 6.61 Å². The van der Waals surface area contributed by atoms with Crippen LogP contribution in [0.4, 0.5) is 0 Å². The lowest BCUT2D eigenvalue weighted by Crippen LogP contribution is -2.02.